The van der Waals surface area contributed by atoms with Crippen molar-refractivity contribution in [2.24, 2.45) is 11.8 Å². The number of carbonyl (C=O) groups is 3. The second kappa shape index (κ2) is 9.41. The van der Waals surface area contributed by atoms with Crippen LogP contribution in [0.4, 0.5) is 5.69 Å². The van der Waals surface area contributed by atoms with Gasteiger partial charge in [0.2, 0.25) is 11.8 Å². The lowest BCUT2D eigenvalue weighted by atomic mass is 9.95. The summed E-state index contributed by atoms with van der Waals surface area (Å²) in [4.78, 5) is 38.6. The molecule has 0 unspecified atom stereocenters. The lowest BCUT2D eigenvalue weighted by molar-refractivity contribution is -0.126. The molecule has 1 aliphatic rings. The summed E-state index contributed by atoms with van der Waals surface area (Å²) in [6.07, 6.45) is 2.85. The molecule has 1 fully saturated rings. The lowest BCUT2D eigenvalue weighted by Gasteiger charge is -2.31. The molecule has 2 heterocycles. The first-order valence-electron chi connectivity index (χ1n) is 9.94. The second-order valence-corrected chi connectivity index (χ2v) is 7.58. The molecule has 7 nitrogen and oxygen atoms in total. The minimum Gasteiger partial charge on any atom is -0.467 e. The number of rotatable bonds is 6. The zero-order chi connectivity index (χ0) is 20.8. The summed E-state index contributed by atoms with van der Waals surface area (Å²) in [7, 11) is 0. The van der Waals surface area contributed by atoms with Crippen LogP contribution in [0.3, 0.4) is 0 Å². The highest BCUT2D eigenvalue weighted by molar-refractivity contribution is 5.96. The number of anilines is 1. The highest BCUT2D eigenvalue weighted by Gasteiger charge is 2.27. The molecule has 3 rings (SSSR count). The fraction of sp³-hybridized carbons (Fsp3) is 0.409. The van der Waals surface area contributed by atoms with Crippen LogP contribution >= 0.6 is 0 Å². The predicted molar refractivity (Wildman–Crippen MR) is 109 cm³/mol. The number of piperidine rings is 1. The number of likely N-dealkylation sites (tertiary alicyclic amines) is 1. The molecule has 29 heavy (non-hydrogen) atoms. The van der Waals surface area contributed by atoms with Crippen molar-refractivity contribution in [1.29, 1.82) is 0 Å². The number of nitrogens with one attached hydrogen (secondary N) is 2. The maximum Gasteiger partial charge on any atom is 0.253 e. The van der Waals surface area contributed by atoms with Gasteiger partial charge in [0.25, 0.3) is 5.91 Å². The van der Waals surface area contributed by atoms with Gasteiger partial charge < -0.3 is 20.0 Å². The Morgan fingerprint density at radius 2 is 1.79 bits per heavy atom. The number of nitrogens with zero attached hydrogens (tertiary/aromatic N) is 1. The third-order valence-corrected chi connectivity index (χ3v) is 5.09. The van der Waals surface area contributed by atoms with Gasteiger partial charge in [-0.1, -0.05) is 13.8 Å². The minimum atomic E-state index is -0.103. The molecule has 7 heteroatoms. The quantitative estimate of drug-likeness (QED) is 0.784. The van der Waals surface area contributed by atoms with E-state index in [2.05, 4.69) is 10.6 Å². The third kappa shape index (κ3) is 5.47. The van der Waals surface area contributed by atoms with Crippen LogP contribution in [0.5, 0.6) is 0 Å². The molecule has 0 radical (unpaired) electrons. The van der Waals surface area contributed by atoms with E-state index in [1.165, 1.54) is 0 Å². The van der Waals surface area contributed by atoms with Gasteiger partial charge in [0, 0.05) is 36.2 Å². The maximum absolute atomic E-state index is 12.7. The first kappa shape index (κ1) is 20.6. The van der Waals surface area contributed by atoms with Crippen LogP contribution < -0.4 is 10.6 Å². The Balaban J connectivity index is 1.48. The molecule has 3 amide bonds. The van der Waals surface area contributed by atoms with Crippen LogP contribution in [-0.2, 0) is 16.1 Å². The molecular formula is C22H27N3O4. The van der Waals surface area contributed by atoms with E-state index in [-0.39, 0.29) is 29.6 Å². The van der Waals surface area contributed by atoms with E-state index < -0.39 is 0 Å². The van der Waals surface area contributed by atoms with Crippen molar-refractivity contribution >= 4 is 23.4 Å². The summed E-state index contributed by atoms with van der Waals surface area (Å²) >= 11 is 0. The van der Waals surface area contributed by atoms with E-state index >= 15 is 0 Å². The first-order valence-corrected chi connectivity index (χ1v) is 9.94. The summed E-state index contributed by atoms with van der Waals surface area (Å²) in [5.41, 5.74) is 1.25. The molecule has 0 atom stereocenters. The van der Waals surface area contributed by atoms with Gasteiger partial charge in [-0.3, -0.25) is 14.4 Å². The Hall–Kier alpha value is -3.09. The Kier molecular flexibility index (Phi) is 6.69. The van der Waals surface area contributed by atoms with E-state index in [9.17, 15) is 14.4 Å². The molecular weight excluding hydrogens is 370 g/mol. The van der Waals surface area contributed by atoms with Crippen molar-refractivity contribution in [2.45, 2.75) is 33.2 Å². The Morgan fingerprint density at radius 3 is 2.38 bits per heavy atom. The van der Waals surface area contributed by atoms with E-state index in [1.807, 2.05) is 19.9 Å². The van der Waals surface area contributed by atoms with Gasteiger partial charge in [-0.2, -0.15) is 0 Å². The van der Waals surface area contributed by atoms with E-state index in [0.29, 0.717) is 43.7 Å². The zero-order valence-corrected chi connectivity index (χ0v) is 16.8. The van der Waals surface area contributed by atoms with Gasteiger partial charge in [0.05, 0.1) is 12.8 Å². The molecule has 0 spiro atoms. The molecule has 0 bridgehead atoms. The largest absolute Gasteiger partial charge is 0.467 e. The van der Waals surface area contributed by atoms with Gasteiger partial charge in [0.1, 0.15) is 5.76 Å². The summed E-state index contributed by atoms with van der Waals surface area (Å²) in [6.45, 7) is 5.12. The monoisotopic (exact) mass is 397 g/mol. The lowest BCUT2D eigenvalue weighted by Crippen LogP contribution is -2.42. The number of hydrogen-bond acceptors (Lipinski definition) is 4. The fourth-order valence-electron chi connectivity index (χ4n) is 3.24. The number of hydrogen-bond donors (Lipinski definition) is 2. The molecule has 1 aliphatic heterocycles. The SMILES string of the molecule is CC(C)C(=O)Nc1ccc(C(=O)N2CCC(C(=O)NCc3ccco3)CC2)cc1. The Bertz CT molecular complexity index is 835. The Labute approximate surface area is 170 Å². The smallest absolute Gasteiger partial charge is 0.253 e. The fourth-order valence-corrected chi connectivity index (χ4v) is 3.24. The van der Waals surface area contributed by atoms with Crippen LogP contribution in [-0.4, -0.2) is 35.7 Å². The third-order valence-electron chi connectivity index (χ3n) is 5.09. The van der Waals surface area contributed by atoms with Crippen LogP contribution in [0.15, 0.2) is 47.1 Å². The van der Waals surface area contributed by atoms with E-state index in [0.717, 1.165) is 5.76 Å². The first-order chi connectivity index (χ1) is 13.9. The predicted octanol–water partition coefficient (Wildman–Crippen LogP) is 3.04. The molecule has 154 valence electrons. The summed E-state index contributed by atoms with van der Waals surface area (Å²) < 4.78 is 5.22. The highest BCUT2D eigenvalue weighted by atomic mass is 16.3. The summed E-state index contributed by atoms with van der Waals surface area (Å²) in [6, 6.07) is 10.5. The number of amides is 3. The summed E-state index contributed by atoms with van der Waals surface area (Å²) in [5, 5.41) is 5.70. The average molecular weight is 397 g/mol. The second-order valence-electron chi connectivity index (χ2n) is 7.58. The number of benzene rings is 1. The highest BCUT2D eigenvalue weighted by Crippen LogP contribution is 2.20. The number of furan rings is 1. The molecule has 1 aromatic carbocycles. The van der Waals surface area contributed by atoms with Crippen molar-refractivity contribution in [3.8, 4) is 0 Å². The molecule has 0 aliphatic carbocycles. The van der Waals surface area contributed by atoms with Crippen LogP contribution in [0, 0.1) is 11.8 Å². The van der Waals surface area contributed by atoms with Crippen LogP contribution in [0.1, 0.15) is 42.8 Å². The summed E-state index contributed by atoms with van der Waals surface area (Å²) in [5.74, 6) is 0.409. The minimum absolute atomic E-state index is 0.00116. The van der Waals surface area contributed by atoms with Crippen molar-refractivity contribution in [3.05, 3.63) is 54.0 Å². The standard InChI is InChI=1S/C22H27N3O4/c1-15(2)20(26)24-18-7-5-17(6-8-18)22(28)25-11-9-16(10-12-25)21(27)23-14-19-4-3-13-29-19/h3-8,13,15-16H,9-12,14H2,1-2H3,(H,23,27)(H,24,26). The molecule has 2 N–H and O–H groups in total. The topological polar surface area (TPSA) is 91.7 Å². The van der Waals surface area contributed by atoms with Crippen LogP contribution in [0.25, 0.3) is 0 Å². The van der Waals surface area contributed by atoms with Gasteiger partial charge in [0.15, 0.2) is 0 Å². The molecule has 1 aromatic heterocycles. The van der Waals surface area contributed by atoms with E-state index in [1.54, 1.807) is 41.5 Å². The van der Waals surface area contributed by atoms with Crippen LogP contribution in [0.2, 0.25) is 0 Å². The van der Waals surface area contributed by atoms with Crippen molar-refractivity contribution in [3.63, 3.8) is 0 Å². The zero-order valence-electron chi connectivity index (χ0n) is 16.8. The molecule has 1 saturated heterocycles. The molecule has 2 aromatic rings. The van der Waals surface area contributed by atoms with Gasteiger partial charge >= 0.3 is 0 Å². The number of carbonyl (C=O) groups excluding carboxylic acids is 3. The van der Waals surface area contributed by atoms with Crippen molar-refractivity contribution in [2.75, 3.05) is 18.4 Å². The van der Waals surface area contributed by atoms with Crippen molar-refractivity contribution in [1.82, 2.24) is 10.2 Å². The Morgan fingerprint density at radius 1 is 1.10 bits per heavy atom. The van der Waals surface area contributed by atoms with Gasteiger partial charge in [-0.25, -0.2) is 0 Å². The van der Waals surface area contributed by atoms with Crippen molar-refractivity contribution < 1.29 is 18.8 Å². The molecule has 0 saturated carbocycles. The van der Waals surface area contributed by atoms with E-state index in [4.69, 9.17) is 4.42 Å². The maximum atomic E-state index is 12.7. The van der Waals surface area contributed by atoms with Gasteiger partial charge in [-0.15, -0.1) is 0 Å². The average Bonchev–Trinajstić information content (AvgIpc) is 3.26. The van der Waals surface area contributed by atoms with Gasteiger partial charge in [-0.05, 0) is 49.2 Å². The normalized spacial score (nSPS) is 14.7.